The first-order chi connectivity index (χ1) is 16.5. The molecule has 0 radical (unpaired) electrons. The van der Waals surface area contributed by atoms with Gasteiger partial charge in [-0.05, 0) is 92.6 Å². The first-order valence-electron chi connectivity index (χ1n) is 12.3. The van der Waals surface area contributed by atoms with Crippen molar-refractivity contribution in [2.75, 3.05) is 6.54 Å². The Morgan fingerprint density at radius 3 is 2.26 bits per heavy atom. The maximum Gasteiger partial charge on any atom is 0.251 e. The number of unbranched alkanes of at least 4 members (excludes halogenated alkanes) is 2. The van der Waals surface area contributed by atoms with Gasteiger partial charge in [-0.1, -0.05) is 42.8 Å². The smallest absolute Gasteiger partial charge is 0.251 e. The van der Waals surface area contributed by atoms with Gasteiger partial charge in [0.25, 0.3) is 5.91 Å². The fraction of sp³-hybridized carbons (Fsp3) is 0.333. The molecular formula is C30H35N3O. The lowest BCUT2D eigenvalue weighted by molar-refractivity contribution is 0.0953. The number of hydrogen-bond donors (Lipinski definition) is 1. The normalized spacial score (nSPS) is 11.2. The average molecular weight is 454 g/mol. The van der Waals surface area contributed by atoms with Gasteiger partial charge in [0.15, 0.2) is 0 Å². The number of rotatable bonds is 9. The zero-order valence-corrected chi connectivity index (χ0v) is 20.8. The summed E-state index contributed by atoms with van der Waals surface area (Å²) in [7, 11) is 0. The first kappa shape index (κ1) is 23.7. The highest BCUT2D eigenvalue weighted by Gasteiger charge is 2.15. The molecule has 34 heavy (non-hydrogen) atoms. The molecule has 0 fully saturated rings. The van der Waals surface area contributed by atoms with Crippen LogP contribution in [0.2, 0.25) is 0 Å². The maximum absolute atomic E-state index is 12.2. The summed E-state index contributed by atoms with van der Waals surface area (Å²) in [6.45, 7) is 10.4. The third-order valence-electron chi connectivity index (χ3n) is 6.97. The number of carbonyl (C=O) groups is 1. The second-order valence-corrected chi connectivity index (χ2v) is 9.27. The van der Waals surface area contributed by atoms with Crippen LogP contribution in [0.4, 0.5) is 0 Å². The van der Waals surface area contributed by atoms with E-state index in [2.05, 4.69) is 67.9 Å². The second-order valence-electron chi connectivity index (χ2n) is 9.27. The van der Waals surface area contributed by atoms with E-state index < -0.39 is 0 Å². The van der Waals surface area contributed by atoms with Crippen molar-refractivity contribution < 1.29 is 4.79 Å². The number of aromatic nitrogens is 2. The summed E-state index contributed by atoms with van der Waals surface area (Å²) in [5, 5.41) is 3.03. The van der Waals surface area contributed by atoms with E-state index in [-0.39, 0.29) is 5.91 Å². The fourth-order valence-electron chi connectivity index (χ4n) is 4.66. The highest BCUT2D eigenvalue weighted by Crippen LogP contribution is 2.26. The molecule has 0 atom stereocenters. The Morgan fingerprint density at radius 2 is 1.53 bits per heavy atom. The van der Waals surface area contributed by atoms with Gasteiger partial charge in [0, 0.05) is 25.1 Å². The number of benzene rings is 3. The van der Waals surface area contributed by atoms with Crippen molar-refractivity contribution in [2.24, 2.45) is 0 Å². The lowest BCUT2D eigenvalue weighted by Gasteiger charge is -2.18. The van der Waals surface area contributed by atoms with Gasteiger partial charge in [-0.15, -0.1) is 0 Å². The summed E-state index contributed by atoms with van der Waals surface area (Å²) in [6, 6.07) is 20.1. The van der Waals surface area contributed by atoms with E-state index in [9.17, 15) is 4.79 Å². The van der Waals surface area contributed by atoms with Crippen LogP contribution in [0.25, 0.3) is 11.0 Å². The minimum atomic E-state index is 0.00146. The molecule has 0 aliphatic rings. The average Bonchev–Trinajstić information content (AvgIpc) is 3.20. The van der Waals surface area contributed by atoms with Gasteiger partial charge in [-0.3, -0.25) is 4.79 Å². The highest BCUT2D eigenvalue weighted by molar-refractivity contribution is 5.94. The van der Waals surface area contributed by atoms with E-state index in [1.54, 1.807) is 0 Å². The van der Waals surface area contributed by atoms with Crippen LogP contribution in [0.5, 0.6) is 0 Å². The standard InChI is InChI=1S/C30H35N3O/c1-21-19-22(2)24(4)26(23(21)3)20-33-28-16-11-10-15-27(28)32-29(33)17-9-6-12-18-31-30(34)25-13-7-5-8-14-25/h5,7-8,10-11,13-16,19H,6,9,12,17-18,20H2,1-4H3,(H,31,34). The van der Waals surface area contributed by atoms with Crippen LogP contribution < -0.4 is 5.32 Å². The van der Waals surface area contributed by atoms with Gasteiger partial charge in [0.1, 0.15) is 5.82 Å². The minimum Gasteiger partial charge on any atom is -0.352 e. The van der Waals surface area contributed by atoms with Crippen LogP contribution in [0.1, 0.15) is 63.3 Å². The summed E-state index contributed by atoms with van der Waals surface area (Å²) >= 11 is 0. The van der Waals surface area contributed by atoms with E-state index in [1.807, 2.05) is 30.3 Å². The van der Waals surface area contributed by atoms with E-state index in [4.69, 9.17) is 4.98 Å². The number of imidazole rings is 1. The Labute approximate surface area is 203 Å². The predicted molar refractivity (Wildman–Crippen MR) is 141 cm³/mol. The Hall–Kier alpha value is -3.40. The third-order valence-corrected chi connectivity index (χ3v) is 6.97. The molecule has 0 spiro atoms. The SMILES string of the molecule is Cc1cc(C)c(C)c(Cn2c(CCCCCNC(=O)c3ccccc3)nc3ccccc32)c1C. The largest absolute Gasteiger partial charge is 0.352 e. The number of fused-ring (bicyclic) bond motifs is 1. The van der Waals surface area contributed by atoms with Gasteiger partial charge in [-0.25, -0.2) is 4.98 Å². The van der Waals surface area contributed by atoms with Crippen LogP contribution >= 0.6 is 0 Å². The van der Waals surface area contributed by atoms with Gasteiger partial charge >= 0.3 is 0 Å². The topological polar surface area (TPSA) is 46.9 Å². The molecule has 3 aromatic carbocycles. The first-order valence-corrected chi connectivity index (χ1v) is 12.3. The molecule has 0 unspecified atom stereocenters. The molecule has 4 aromatic rings. The summed E-state index contributed by atoms with van der Waals surface area (Å²) in [4.78, 5) is 17.2. The summed E-state index contributed by atoms with van der Waals surface area (Å²) in [5.41, 5.74) is 9.84. The quantitative estimate of drug-likeness (QED) is 0.296. The Morgan fingerprint density at radius 1 is 0.853 bits per heavy atom. The van der Waals surface area contributed by atoms with Crippen molar-refractivity contribution in [3.63, 3.8) is 0 Å². The number of nitrogens with zero attached hydrogens (tertiary/aromatic N) is 2. The number of para-hydroxylation sites is 2. The second kappa shape index (κ2) is 10.7. The predicted octanol–water partition coefficient (Wildman–Crippen LogP) is 6.46. The van der Waals surface area contributed by atoms with E-state index >= 15 is 0 Å². The summed E-state index contributed by atoms with van der Waals surface area (Å²) in [6.07, 6.45) is 4.01. The molecular weight excluding hydrogens is 418 g/mol. The molecule has 1 N–H and O–H groups in total. The van der Waals surface area contributed by atoms with Gasteiger partial charge in [0.2, 0.25) is 0 Å². The molecule has 0 aliphatic carbocycles. The van der Waals surface area contributed by atoms with Crippen molar-refractivity contribution in [3.8, 4) is 0 Å². The van der Waals surface area contributed by atoms with Crippen LogP contribution in [0.15, 0.2) is 60.7 Å². The van der Waals surface area contributed by atoms with Gasteiger partial charge in [-0.2, -0.15) is 0 Å². The number of amides is 1. The monoisotopic (exact) mass is 453 g/mol. The van der Waals surface area contributed by atoms with Crippen LogP contribution in [0, 0.1) is 27.7 Å². The van der Waals surface area contributed by atoms with Gasteiger partial charge in [0.05, 0.1) is 11.0 Å². The van der Waals surface area contributed by atoms with Crippen LogP contribution in [-0.4, -0.2) is 22.0 Å². The third kappa shape index (κ3) is 5.22. The molecule has 1 heterocycles. The maximum atomic E-state index is 12.2. The van der Waals surface area contributed by atoms with E-state index in [1.165, 1.54) is 33.3 Å². The van der Waals surface area contributed by atoms with Crippen LogP contribution in [-0.2, 0) is 13.0 Å². The lowest BCUT2D eigenvalue weighted by atomic mass is 9.94. The molecule has 0 saturated carbocycles. The van der Waals surface area contributed by atoms with Crippen molar-refractivity contribution in [1.82, 2.24) is 14.9 Å². The lowest BCUT2D eigenvalue weighted by Crippen LogP contribution is -2.24. The molecule has 4 heteroatoms. The molecule has 4 nitrogen and oxygen atoms in total. The van der Waals surface area contributed by atoms with Crippen LogP contribution in [0.3, 0.4) is 0 Å². The van der Waals surface area contributed by atoms with E-state index in [0.29, 0.717) is 12.1 Å². The minimum absolute atomic E-state index is 0.00146. The number of carbonyl (C=O) groups excluding carboxylic acids is 1. The Balaban J connectivity index is 1.42. The number of aryl methyl sites for hydroxylation is 3. The molecule has 0 saturated heterocycles. The Bertz CT molecular complexity index is 1260. The zero-order chi connectivity index (χ0) is 24.1. The molecule has 1 aromatic heterocycles. The van der Waals surface area contributed by atoms with Crippen molar-refractivity contribution in [2.45, 2.75) is 59.9 Å². The highest BCUT2D eigenvalue weighted by atomic mass is 16.1. The molecule has 176 valence electrons. The van der Waals surface area contributed by atoms with Gasteiger partial charge < -0.3 is 9.88 Å². The molecule has 0 bridgehead atoms. The molecule has 1 amide bonds. The molecule has 4 rings (SSSR count). The van der Waals surface area contributed by atoms with Crippen molar-refractivity contribution >= 4 is 16.9 Å². The summed E-state index contributed by atoms with van der Waals surface area (Å²) in [5.74, 6) is 1.15. The summed E-state index contributed by atoms with van der Waals surface area (Å²) < 4.78 is 2.40. The Kier molecular flexibility index (Phi) is 7.46. The number of hydrogen-bond acceptors (Lipinski definition) is 2. The van der Waals surface area contributed by atoms with Crippen molar-refractivity contribution in [3.05, 3.63) is 99.9 Å². The van der Waals surface area contributed by atoms with E-state index in [0.717, 1.165) is 43.6 Å². The zero-order valence-electron chi connectivity index (χ0n) is 20.8. The van der Waals surface area contributed by atoms with Crippen molar-refractivity contribution in [1.29, 1.82) is 0 Å². The fourth-order valence-corrected chi connectivity index (χ4v) is 4.66. The molecule has 0 aliphatic heterocycles. The number of nitrogens with one attached hydrogen (secondary N) is 1.